The molecule has 2 saturated heterocycles. The summed E-state index contributed by atoms with van der Waals surface area (Å²) in [4.78, 5) is 66.2. The zero-order chi connectivity index (χ0) is 52.6. The third kappa shape index (κ3) is 15.4. The van der Waals surface area contributed by atoms with Crippen LogP contribution in [0.2, 0.25) is 0 Å². The quantitative estimate of drug-likeness (QED) is 0.0355. The molecule has 0 spiro atoms. The fourth-order valence-corrected chi connectivity index (χ4v) is 9.05. The first-order chi connectivity index (χ1) is 35.8. The van der Waals surface area contributed by atoms with Gasteiger partial charge in [-0.3, -0.25) is 14.4 Å². The van der Waals surface area contributed by atoms with Crippen LogP contribution >= 0.6 is 0 Å². The van der Waals surface area contributed by atoms with Gasteiger partial charge in [-0.1, -0.05) is 62.2 Å². The number of aromatic amines is 1. The Labute approximate surface area is 431 Å². The maximum Gasteiger partial charge on any atom is 0.303 e. The molecule has 0 radical (unpaired) electrons. The minimum absolute atomic E-state index is 0.0411. The first-order valence-corrected chi connectivity index (χ1v) is 25.6. The summed E-state index contributed by atoms with van der Waals surface area (Å²) in [5.41, 5.74) is 16.0. The highest BCUT2D eigenvalue weighted by Crippen LogP contribution is 2.27. The molecule has 0 saturated carbocycles. The van der Waals surface area contributed by atoms with Crippen molar-refractivity contribution in [1.29, 1.82) is 0 Å². The summed E-state index contributed by atoms with van der Waals surface area (Å²) in [7, 11) is 0. The predicted octanol–water partition coefficient (Wildman–Crippen LogP) is 2.61. The number of amides is 2. The van der Waals surface area contributed by atoms with Gasteiger partial charge in [-0.05, 0) is 48.6 Å². The van der Waals surface area contributed by atoms with Gasteiger partial charge in [0.15, 0.2) is 0 Å². The van der Waals surface area contributed by atoms with E-state index < -0.39 is 18.1 Å². The number of carbonyl (C=O) groups is 3. The van der Waals surface area contributed by atoms with Crippen molar-refractivity contribution in [2.75, 3.05) is 114 Å². The number of H-pyrrole nitrogens is 1. The van der Waals surface area contributed by atoms with Gasteiger partial charge in [0.25, 0.3) is 0 Å². The molecule has 6 heterocycles. The van der Waals surface area contributed by atoms with Crippen LogP contribution in [0.15, 0.2) is 42.7 Å². The minimum atomic E-state index is -1.01. The molecule has 400 valence electrons. The Bertz CT molecular complexity index is 2580. The van der Waals surface area contributed by atoms with Gasteiger partial charge in [-0.15, -0.1) is 16.6 Å². The molecule has 24 heteroatoms. The third-order valence-corrected chi connectivity index (χ3v) is 12.9. The van der Waals surface area contributed by atoms with Crippen LogP contribution < -0.4 is 26.6 Å². The Morgan fingerprint density at radius 3 is 1.81 bits per heavy atom. The predicted molar refractivity (Wildman–Crippen MR) is 277 cm³/mol. The number of fused-ring (bicyclic) bond motifs is 1. The van der Waals surface area contributed by atoms with Gasteiger partial charge in [-0.25, -0.2) is 9.36 Å². The zero-order valence-electron chi connectivity index (χ0n) is 43.1. The number of nitrogens with zero attached hydrogens (tertiary/aromatic N) is 13. The van der Waals surface area contributed by atoms with Crippen molar-refractivity contribution in [3.8, 4) is 12.3 Å². The number of piperazine rings is 2. The Balaban J connectivity index is 1.04. The number of carbonyl (C=O) groups excluding carboxylic acids is 2. The van der Waals surface area contributed by atoms with Crippen molar-refractivity contribution >= 4 is 46.5 Å². The molecule has 5 aromatic rings. The summed E-state index contributed by atoms with van der Waals surface area (Å²) in [6.07, 6.45) is 10.3. The number of nitrogens with two attached hydrogens (primary N) is 2. The Morgan fingerprint density at radius 2 is 1.27 bits per heavy atom. The second-order valence-electron chi connectivity index (χ2n) is 19.6. The normalized spacial score (nSPS) is 15.9. The van der Waals surface area contributed by atoms with Crippen LogP contribution in [0, 0.1) is 24.2 Å². The van der Waals surface area contributed by atoms with E-state index >= 15 is 0 Å². The lowest BCUT2D eigenvalue weighted by Crippen LogP contribution is -2.52. The maximum atomic E-state index is 14.7. The van der Waals surface area contributed by atoms with E-state index in [0.717, 1.165) is 23.0 Å². The Kier molecular flexibility index (Phi) is 20.0. The molecule has 4 aromatic heterocycles. The first kappa shape index (κ1) is 55.0. The van der Waals surface area contributed by atoms with Crippen LogP contribution in [0.25, 0.3) is 10.9 Å². The van der Waals surface area contributed by atoms with E-state index in [1.807, 2.05) is 39.0 Å². The molecule has 2 amide bonds. The van der Waals surface area contributed by atoms with E-state index in [4.69, 9.17) is 47.1 Å². The molecule has 0 aliphatic carbocycles. The summed E-state index contributed by atoms with van der Waals surface area (Å²) in [5.74, 6) is 2.95. The largest absolute Gasteiger partial charge is 0.481 e. The summed E-state index contributed by atoms with van der Waals surface area (Å²) in [6.45, 7) is 14.0. The van der Waals surface area contributed by atoms with Gasteiger partial charge in [0, 0.05) is 83.0 Å². The molecule has 2 aliphatic rings. The Morgan fingerprint density at radius 1 is 0.743 bits per heavy atom. The molecular weight excluding hydrogens is 951 g/mol. The average Bonchev–Trinajstić information content (AvgIpc) is 4.18. The van der Waals surface area contributed by atoms with Gasteiger partial charge >= 0.3 is 5.97 Å². The number of nitrogens with one attached hydrogen (secondary N) is 2. The van der Waals surface area contributed by atoms with Crippen LogP contribution in [0.1, 0.15) is 94.6 Å². The second-order valence-corrected chi connectivity index (χ2v) is 19.6. The van der Waals surface area contributed by atoms with Crippen LogP contribution in [0.5, 0.6) is 0 Å². The van der Waals surface area contributed by atoms with Crippen molar-refractivity contribution in [3.05, 3.63) is 59.8 Å². The lowest BCUT2D eigenvalue weighted by Gasteiger charge is -2.38. The van der Waals surface area contributed by atoms with Crippen LogP contribution in [-0.2, 0) is 35.0 Å². The topological polar surface area (TPSA) is 292 Å². The Hall–Kier alpha value is -6.78. The van der Waals surface area contributed by atoms with E-state index in [-0.39, 0.29) is 43.3 Å². The molecule has 74 heavy (non-hydrogen) atoms. The molecule has 7 N–H and O–H groups in total. The molecular formula is C50H73N17O7. The highest BCUT2D eigenvalue weighted by molar-refractivity contribution is 5.83. The van der Waals surface area contributed by atoms with Crippen molar-refractivity contribution < 1.29 is 33.7 Å². The fraction of sp³-hybridized carbons (Fsp3) is 0.600. The number of ether oxygens (including phenoxy) is 3. The number of terminal acetylenes is 1. The van der Waals surface area contributed by atoms with Gasteiger partial charge in [0.2, 0.25) is 29.7 Å². The molecule has 2 fully saturated rings. The van der Waals surface area contributed by atoms with Crippen LogP contribution in [-0.4, -0.2) is 181 Å². The SMILES string of the molecule is C#CCOCCOCCOCCNc1nc(N2CCN(C(=O)[C@@H](Cc3cc4ccccc4[nH]3)n3cc(C(N)CC(C)C)nn3)CC2)nc(N2CCN(C(=O)[C@H](CCC(=O)O)n3cc(C(N)CC(C)C)nn3)CC2)n1. The summed E-state index contributed by atoms with van der Waals surface area (Å²) >= 11 is 0. The van der Waals surface area contributed by atoms with E-state index in [1.165, 1.54) is 4.68 Å². The molecule has 4 atom stereocenters. The maximum absolute atomic E-state index is 14.7. The number of aliphatic carboxylic acids is 1. The number of aromatic nitrogens is 10. The lowest BCUT2D eigenvalue weighted by molar-refractivity contribution is -0.139. The van der Waals surface area contributed by atoms with Crippen molar-refractivity contribution in [3.63, 3.8) is 0 Å². The number of hydrogen-bond donors (Lipinski definition) is 5. The van der Waals surface area contributed by atoms with E-state index in [0.29, 0.717) is 146 Å². The number of carboxylic acids is 1. The number of carboxylic acid groups (broad SMARTS) is 1. The highest BCUT2D eigenvalue weighted by Gasteiger charge is 2.34. The number of hydrogen-bond acceptors (Lipinski definition) is 18. The standard InChI is InChI=1S/C50H73N17O7/c1-6-22-72-24-26-74-27-25-73-23-13-53-48-55-49(64-18-14-62(15-19-64)46(70)43(11-12-45(68)69)66-32-41(58-60-66)38(51)28-34(2)3)57-50(56-48)65-20-16-63(17-21-65)47(71)44(31-37-30-36-9-7-8-10-40(36)54-37)67-33-42(59-61-67)39(52)29-35(4)5/h1,7-10,30,32-35,38-39,43-44,54H,11-29,31,51-52H2,2-5H3,(H,68,69)(H,53,55,56,57)/t38?,39?,43-,44+/m0/s1. The highest BCUT2D eigenvalue weighted by atomic mass is 16.5. The molecule has 1 aromatic carbocycles. The van der Waals surface area contributed by atoms with Crippen molar-refractivity contribution in [2.24, 2.45) is 23.3 Å². The number of anilines is 3. The molecule has 0 bridgehead atoms. The van der Waals surface area contributed by atoms with E-state index in [1.54, 1.807) is 22.0 Å². The van der Waals surface area contributed by atoms with Gasteiger partial charge in [0.1, 0.15) is 18.7 Å². The van der Waals surface area contributed by atoms with Gasteiger partial charge in [0.05, 0.1) is 68.9 Å². The summed E-state index contributed by atoms with van der Waals surface area (Å²) < 4.78 is 19.7. The monoisotopic (exact) mass is 1020 g/mol. The second kappa shape index (κ2) is 27.0. The van der Waals surface area contributed by atoms with Crippen LogP contribution in [0.4, 0.5) is 17.8 Å². The average molecular weight is 1020 g/mol. The third-order valence-electron chi connectivity index (χ3n) is 12.9. The van der Waals surface area contributed by atoms with Crippen LogP contribution in [0.3, 0.4) is 0 Å². The van der Waals surface area contributed by atoms with Crippen molar-refractivity contribution in [1.82, 2.24) is 59.7 Å². The van der Waals surface area contributed by atoms with Gasteiger partial charge < -0.3 is 60.7 Å². The summed E-state index contributed by atoms with van der Waals surface area (Å²) in [5, 5.41) is 31.3. The minimum Gasteiger partial charge on any atom is -0.481 e. The van der Waals surface area contributed by atoms with Gasteiger partial charge in [-0.2, -0.15) is 15.0 Å². The fourth-order valence-electron chi connectivity index (χ4n) is 9.05. The van der Waals surface area contributed by atoms with Crippen molar-refractivity contribution in [2.45, 2.75) is 84.0 Å². The molecule has 7 rings (SSSR count). The smallest absolute Gasteiger partial charge is 0.303 e. The zero-order valence-corrected chi connectivity index (χ0v) is 43.1. The summed E-state index contributed by atoms with van der Waals surface area (Å²) in [6, 6.07) is 7.86. The number of para-hydroxylation sites is 1. The molecule has 2 aliphatic heterocycles. The van der Waals surface area contributed by atoms with E-state index in [9.17, 15) is 19.5 Å². The first-order valence-electron chi connectivity index (χ1n) is 25.6. The van der Waals surface area contributed by atoms with E-state index in [2.05, 4.69) is 70.6 Å². The lowest BCUT2D eigenvalue weighted by atomic mass is 10.0. The number of benzene rings is 1. The molecule has 24 nitrogen and oxygen atoms in total. The molecule has 2 unspecified atom stereocenters. The number of rotatable bonds is 28.